The molecule has 0 aliphatic heterocycles. The quantitative estimate of drug-likeness (QED) is 0.654. The summed E-state index contributed by atoms with van der Waals surface area (Å²) >= 11 is 1.61. The topological polar surface area (TPSA) is 63.8 Å². The number of nitrogens with two attached hydrogens (primary N) is 1. The molecule has 1 aromatic carbocycles. The third kappa shape index (κ3) is 2.32. The highest BCUT2D eigenvalue weighted by Gasteiger charge is 2.11. The van der Waals surface area contributed by atoms with Gasteiger partial charge in [-0.05, 0) is 42.5 Å². The average Bonchev–Trinajstić information content (AvgIpc) is 2.86. The van der Waals surface area contributed by atoms with Gasteiger partial charge in [0.05, 0.1) is 12.4 Å². The molecule has 5 heteroatoms. The maximum Gasteiger partial charge on any atom is 0.159 e. The van der Waals surface area contributed by atoms with Crippen molar-refractivity contribution in [3.63, 3.8) is 0 Å². The number of anilines is 1. The molecule has 1 aliphatic carbocycles. The first-order chi connectivity index (χ1) is 8.85. The summed E-state index contributed by atoms with van der Waals surface area (Å²) in [4.78, 5) is 9.65. The molecule has 0 atom stereocenters. The molecular weight excluding hydrogens is 244 g/mol. The van der Waals surface area contributed by atoms with E-state index < -0.39 is 0 Å². The summed E-state index contributed by atoms with van der Waals surface area (Å²) in [5, 5.41) is 0.850. The van der Waals surface area contributed by atoms with Crippen molar-refractivity contribution in [1.29, 1.82) is 0 Å². The first kappa shape index (κ1) is 11.5. The monoisotopic (exact) mass is 258 g/mol. The molecule has 0 unspecified atom stereocenters. The van der Waals surface area contributed by atoms with Crippen LogP contribution in [0.15, 0.2) is 40.5 Å². The van der Waals surface area contributed by atoms with Crippen LogP contribution in [0.1, 0.15) is 17.5 Å². The van der Waals surface area contributed by atoms with Gasteiger partial charge in [0.15, 0.2) is 5.82 Å². The number of nitrogens with one attached hydrogen (secondary N) is 1. The highest BCUT2D eigenvalue weighted by molar-refractivity contribution is 7.99. The fourth-order valence-electron chi connectivity index (χ4n) is 2.20. The van der Waals surface area contributed by atoms with E-state index in [4.69, 9.17) is 5.84 Å². The summed E-state index contributed by atoms with van der Waals surface area (Å²) in [6.45, 7) is 0. The third-order valence-corrected chi connectivity index (χ3v) is 3.95. The summed E-state index contributed by atoms with van der Waals surface area (Å²) in [5.74, 6) is 5.91. The largest absolute Gasteiger partial charge is 0.307 e. The van der Waals surface area contributed by atoms with Gasteiger partial charge in [0.25, 0.3) is 0 Å². The van der Waals surface area contributed by atoms with Gasteiger partial charge in [0.1, 0.15) is 5.03 Å². The molecule has 1 aliphatic rings. The lowest BCUT2D eigenvalue weighted by atomic mass is 10.1. The van der Waals surface area contributed by atoms with Crippen molar-refractivity contribution in [1.82, 2.24) is 9.97 Å². The second kappa shape index (κ2) is 4.96. The second-order valence-corrected chi connectivity index (χ2v) is 5.37. The average molecular weight is 258 g/mol. The number of hydrazine groups is 1. The molecule has 0 amide bonds. The molecule has 0 radical (unpaired) electrons. The summed E-state index contributed by atoms with van der Waals surface area (Å²) in [5.41, 5.74) is 5.47. The van der Waals surface area contributed by atoms with Gasteiger partial charge in [-0.15, -0.1) is 0 Å². The Kier molecular flexibility index (Phi) is 3.17. The van der Waals surface area contributed by atoms with E-state index in [1.807, 2.05) is 0 Å². The highest BCUT2D eigenvalue weighted by atomic mass is 32.2. The molecule has 0 fully saturated rings. The summed E-state index contributed by atoms with van der Waals surface area (Å²) in [6.07, 6.45) is 7.04. The Hall–Kier alpha value is -1.59. The lowest BCUT2D eigenvalue weighted by molar-refractivity contribution is 0.911. The molecule has 1 aromatic heterocycles. The Bertz CT molecular complexity index is 571. The van der Waals surface area contributed by atoms with Gasteiger partial charge in [0.2, 0.25) is 0 Å². The predicted molar refractivity (Wildman–Crippen MR) is 72.4 cm³/mol. The van der Waals surface area contributed by atoms with Crippen LogP contribution in [-0.2, 0) is 12.8 Å². The number of aryl methyl sites for hydroxylation is 2. The van der Waals surface area contributed by atoms with Crippen molar-refractivity contribution in [2.24, 2.45) is 5.84 Å². The fraction of sp³-hybridized carbons (Fsp3) is 0.231. The Balaban J connectivity index is 1.83. The van der Waals surface area contributed by atoms with Crippen LogP contribution in [0.3, 0.4) is 0 Å². The third-order valence-electron chi connectivity index (χ3n) is 3.05. The fourth-order valence-corrected chi connectivity index (χ4v) is 3.04. The van der Waals surface area contributed by atoms with E-state index in [1.165, 1.54) is 35.3 Å². The SMILES string of the molecule is NNc1cncc(Sc2ccc3c(c2)CCC3)n1. The second-order valence-electron chi connectivity index (χ2n) is 4.27. The molecule has 18 heavy (non-hydrogen) atoms. The number of hydrogen-bond donors (Lipinski definition) is 2. The standard InChI is InChI=1S/C13H14N4S/c14-17-12-7-15-8-13(16-12)18-11-5-4-9-2-1-3-10(9)6-11/h4-8H,1-3,14H2,(H,16,17). The van der Waals surface area contributed by atoms with Crippen LogP contribution in [0.2, 0.25) is 0 Å². The van der Waals surface area contributed by atoms with Crippen molar-refractivity contribution in [2.75, 3.05) is 5.43 Å². The summed E-state index contributed by atoms with van der Waals surface area (Å²) < 4.78 is 0. The molecule has 3 N–H and O–H groups in total. The molecule has 1 heterocycles. The molecule has 2 aromatic rings. The van der Waals surface area contributed by atoms with Crippen molar-refractivity contribution < 1.29 is 0 Å². The minimum absolute atomic E-state index is 0.584. The van der Waals surface area contributed by atoms with Crippen LogP contribution < -0.4 is 11.3 Å². The number of benzene rings is 1. The molecular formula is C13H14N4S. The Labute approximate surface area is 110 Å². The van der Waals surface area contributed by atoms with Crippen LogP contribution in [-0.4, -0.2) is 9.97 Å². The van der Waals surface area contributed by atoms with Crippen molar-refractivity contribution >= 4 is 17.6 Å². The molecule has 0 saturated heterocycles. The van der Waals surface area contributed by atoms with Crippen LogP contribution in [0.25, 0.3) is 0 Å². The van der Waals surface area contributed by atoms with Crippen molar-refractivity contribution in [3.8, 4) is 0 Å². The first-order valence-electron chi connectivity index (χ1n) is 5.93. The minimum Gasteiger partial charge on any atom is -0.307 e. The van der Waals surface area contributed by atoms with E-state index in [1.54, 1.807) is 24.2 Å². The molecule has 3 rings (SSSR count). The first-order valence-corrected chi connectivity index (χ1v) is 6.75. The normalized spacial score (nSPS) is 13.4. The lowest BCUT2D eigenvalue weighted by Crippen LogP contribution is -2.08. The van der Waals surface area contributed by atoms with Crippen molar-refractivity contribution in [3.05, 3.63) is 41.7 Å². The van der Waals surface area contributed by atoms with Gasteiger partial charge in [0, 0.05) is 4.90 Å². The zero-order valence-electron chi connectivity index (χ0n) is 9.89. The smallest absolute Gasteiger partial charge is 0.159 e. The van der Waals surface area contributed by atoms with Crippen LogP contribution in [0, 0.1) is 0 Å². The van der Waals surface area contributed by atoms with Gasteiger partial charge in [-0.1, -0.05) is 17.8 Å². The van der Waals surface area contributed by atoms with Crippen molar-refractivity contribution in [2.45, 2.75) is 29.2 Å². The van der Waals surface area contributed by atoms with Crippen LogP contribution >= 0.6 is 11.8 Å². The number of nitrogen functional groups attached to an aromatic ring is 1. The summed E-state index contributed by atoms with van der Waals surface area (Å²) in [7, 11) is 0. The van der Waals surface area contributed by atoms with E-state index in [0.29, 0.717) is 5.82 Å². The van der Waals surface area contributed by atoms with Gasteiger partial charge < -0.3 is 5.43 Å². The Morgan fingerprint density at radius 3 is 2.94 bits per heavy atom. The van der Waals surface area contributed by atoms with E-state index in [9.17, 15) is 0 Å². The molecule has 92 valence electrons. The van der Waals surface area contributed by atoms with Gasteiger partial charge >= 0.3 is 0 Å². The zero-order valence-corrected chi connectivity index (χ0v) is 10.7. The molecule has 0 saturated carbocycles. The van der Waals surface area contributed by atoms with Gasteiger partial charge in [-0.2, -0.15) is 0 Å². The Morgan fingerprint density at radius 1 is 1.17 bits per heavy atom. The number of fused-ring (bicyclic) bond motifs is 1. The van der Waals surface area contributed by atoms with Gasteiger partial charge in [-0.3, -0.25) is 4.98 Å². The van der Waals surface area contributed by atoms with E-state index in [2.05, 4.69) is 33.6 Å². The van der Waals surface area contributed by atoms with Gasteiger partial charge in [-0.25, -0.2) is 10.8 Å². The Morgan fingerprint density at radius 2 is 2.06 bits per heavy atom. The van der Waals surface area contributed by atoms with E-state index in [-0.39, 0.29) is 0 Å². The number of hydrogen-bond acceptors (Lipinski definition) is 5. The van der Waals surface area contributed by atoms with Crippen LogP contribution in [0.5, 0.6) is 0 Å². The maximum absolute atomic E-state index is 5.32. The highest BCUT2D eigenvalue weighted by Crippen LogP contribution is 2.31. The van der Waals surface area contributed by atoms with Crippen LogP contribution in [0.4, 0.5) is 5.82 Å². The predicted octanol–water partition coefficient (Wildman–Crippen LogP) is 2.40. The number of nitrogens with zero attached hydrogens (tertiary/aromatic N) is 2. The number of rotatable bonds is 3. The number of aromatic nitrogens is 2. The maximum atomic E-state index is 5.32. The van der Waals surface area contributed by atoms with E-state index >= 15 is 0 Å². The summed E-state index contributed by atoms with van der Waals surface area (Å²) in [6, 6.07) is 6.64. The lowest BCUT2D eigenvalue weighted by Gasteiger charge is -2.05. The minimum atomic E-state index is 0.584. The molecule has 0 bridgehead atoms. The molecule has 0 spiro atoms. The zero-order chi connectivity index (χ0) is 12.4. The van der Waals surface area contributed by atoms with E-state index in [0.717, 1.165) is 5.03 Å². The molecule has 4 nitrogen and oxygen atoms in total.